The van der Waals surface area contributed by atoms with Crippen molar-refractivity contribution >= 4 is 5.97 Å². The smallest absolute Gasteiger partial charge is 0.305 e. The molecule has 0 radical (unpaired) electrons. The molecule has 258 valence electrons. The average molecular weight is 615 g/mol. The van der Waals surface area contributed by atoms with Crippen LogP contribution in [0.15, 0.2) is 36.5 Å². The Morgan fingerprint density at radius 2 is 0.705 bits per heavy atom. The van der Waals surface area contributed by atoms with Gasteiger partial charge in [0.1, 0.15) is 0 Å². The first-order chi connectivity index (χ1) is 21.8. The highest BCUT2D eigenvalue weighted by atomic mass is 16.5. The van der Waals surface area contributed by atoms with Crippen molar-refractivity contribution in [2.45, 2.75) is 219 Å². The van der Waals surface area contributed by atoms with E-state index in [1.54, 1.807) is 0 Å². The van der Waals surface area contributed by atoms with Crippen molar-refractivity contribution in [1.82, 2.24) is 0 Å². The maximum Gasteiger partial charge on any atom is 0.305 e. The highest BCUT2D eigenvalue weighted by Crippen LogP contribution is 2.14. The Hall–Kier alpha value is -1.31. The van der Waals surface area contributed by atoms with Gasteiger partial charge in [0.25, 0.3) is 0 Å². The van der Waals surface area contributed by atoms with Gasteiger partial charge in [-0.1, -0.05) is 179 Å². The van der Waals surface area contributed by atoms with Crippen LogP contribution < -0.4 is 0 Å². The second-order valence-corrected chi connectivity index (χ2v) is 13.3. The van der Waals surface area contributed by atoms with E-state index in [1.165, 1.54) is 180 Å². The fraction of sp³-hybridized carbons (Fsp3) is 0.833. The molecule has 0 aromatic carbocycles. The first-order valence-corrected chi connectivity index (χ1v) is 19.9. The predicted molar refractivity (Wildman–Crippen MR) is 197 cm³/mol. The number of allylic oxidation sites excluding steroid dienone is 6. The molecular formula is C42H78O2. The molecule has 0 spiro atoms. The topological polar surface area (TPSA) is 26.3 Å². The lowest BCUT2D eigenvalue weighted by Crippen LogP contribution is -2.05. The molecule has 2 nitrogen and oxygen atoms in total. The van der Waals surface area contributed by atoms with Crippen LogP contribution in [0.25, 0.3) is 0 Å². The molecule has 0 aromatic heterocycles. The second kappa shape index (κ2) is 39.7. The summed E-state index contributed by atoms with van der Waals surface area (Å²) >= 11 is 0. The van der Waals surface area contributed by atoms with Crippen LogP contribution in [-0.4, -0.2) is 12.6 Å². The zero-order chi connectivity index (χ0) is 31.9. The van der Waals surface area contributed by atoms with E-state index in [0.29, 0.717) is 13.0 Å². The molecule has 0 aromatic rings. The molecule has 0 atom stereocenters. The van der Waals surface area contributed by atoms with Crippen LogP contribution in [0.1, 0.15) is 219 Å². The Labute approximate surface area is 277 Å². The van der Waals surface area contributed by atoms with Crippen molar-refractivity contribution in [1.29, 1.82) is 0 Å². The van der Waals surface area contributed by atoms with E-state index in [0.717, 1.165) is 19.3 Å². The number of unbranched alkanes of at least 4 members (excludes halogenated alkanes) is 26. The normalized spacial score (nSPS) is 12.0. The van der Waals surface area contributed by atoms with Gasteiger partial charge < -0.3 is 4.74 Å². The second-order valence-electron chi connectivity index (χ2n) is 13.3. The summed E-state index contributed by atoms with van der Waals surface area (Å²) in [6, 6.07) is 0. The Bertz CT molecular complexity index is 632. The molecule has 0 amide bonds. The summed E-state index contributed by atoms with van der Waals surface area (Å²) < 4.78 is 5.45. The highest BCUT2D eigenvalue weighted by molar-refractivity contribution is 5.69. The van der Waals surface area contributed by atoms with Crippen LogP contribution >= 0.6 is 0 Å². The molecule has 0 bridgehead atoms. The largest absolute Gasteiger partial charge is 0.466 e. The van der Waals surface area contributed by atoms with Crippen LogP contribution in [0.2, 0.25) is 0 Å². The third kappa shape index (κ3) is 38.7. The molecule has 0 saturated heterocycles. The molecule has 0 aliphatic carbocycles. The third-order valence-electron chi connectivity index (χ3n) is 8.75. The van der Waals surface area contributed by atoms with E-state index in [1.807, 2.05) is 0 Å². The third-order valence-corrected chi connectivity index (χ3v) is 8.75. The number of carbonyl (C=O) groups is 1. The highest BCUT2D eigenvalue weighted by Gasteiger charge is 2.02. The summed E-state index contributed by atoms with van der Waals surface area (Å²) in [5.74, 6) is 0.0147. The van der Waals surface area contributed by atoms with Crippen molar-refractivity contribution in [2.24, 2.45) is 0 Å². The lowest BCUT2D eigenvalue weighted by Gasteiger charge is -2.05. The fourth-order valence-electron chi connectivity index (χ4n) is 5.75. The standard InChI is InChI=1S/C42H78O2/c1-3-5-7-9-11-13-15-17-19-21-22-23-24-25-26-28-30-32-34-36-38-40-42(43)44-41-39-37-35-33-31-29-27-20-18-16-14-12-10-8-6-4-2/h12,14,17-20H,3-11,13,15-16,21-41H2,1-2H3/b14-12-,19-17-,20-18-. The van der Waals surface area contributed by atoms with Gasteiger partial charge in [0.15, 0.2) is 0 Å². The van der Waals surface area contributed by atoms with Crippen LogP contribution in [0.4, 0.5) is 0 Å². The summed E-state index contributed by atoms with van der Waals surface area (Å²) in [6.45, 7) is 5.16. The molecule has 0 N–H and O–H groups in total. The Morgan fingerprint density at radius 3 is 1.16 bits per heavy atom. The number of esters is 1. The Balaban J connectivity index is 3.23. The average Bonchev–Trinajstić information content (AvgIpc) is 3.03. The van der Waals surface area contributed by atoms with Gasteiger partial charge in [-0.25, -0.2) is 0 Å². The van der Waals surface area contributed by atoms with Gasteiger partial charge in [0, 0.05) is 6.42 Å². The SMILES string of the molecule is CCCCC/C=C\C/C=C\CCCCCCCCOC(=O)CCCCCCCCCCCCC/C=C\CCCCCCCC. The van der Waals surface area contributed by atoms with Gasteiger partial charge >= 0.3 is 5.97 Å². The number of rotatable bonds is 36. The Kier molecular flexibility index (Phi) is 38.5. The predicted octanol–water partition coefficient (Wildman–Crippen LogP) is 14.7. The van der Waals surface area contributed by atoms with E-state index >= 15 is 0 Å². The first kappa shape index (κ1) is 42.7. The summed E-state index contributed by atoms with van der Waals surface area (Å²) in [7, 11) is 0. The molecule has 0 saturated carbocycles. The van der Waals surface area contributed by atoms with E-state index in [2.05, 4.69) is 50.3 Å². The fourth-order valence-corrected chi connectivity index (χ4v) is 5.75. The van der Waals surface area contributed by atoms with Gasteiger partial charge in [0.2, 0.25) is 0 Å². The van der Waals surface area contributed by atoms with Crippen LogP contribution in [-0.2, 0) is 9.53 Å². The van der Waals surface area contributed by atoms with Gasteiger partial charge in [-0.05, 0) is 70.6 Å². The van der Waals surface area contributed by atoms with Crippen molar-refractivity contribution in [3.05, 3.63) is 36.5 Å². The van der Waals surface area contributed by atoms with E-state index in [-0.39, 0.29) is 5.97 Å². The summed E-state index contributed by atoms with van der Waals surface area (Å²) in [4.78, 5) is 12.0. The van der Waals surface area contributed by atoms with E-state index in [4.69, 9.17) is 4.74 Å². The number of carbonyl (C=O) groups excluding carboxylic acids is 1. The van der Waals surface area contributed by atoms with Crippen molar-refractivity contribution in [2.75, 3.05) is 6.61 Å². The van der Waals surface area contributed by atoms with Gasteiger partial charge in [-0.2, -0.15) is 0 Å². The molecule has 0 aliphatic heterocycles. The zero-order valence-electron chi connectivity index (χ0n) is 30.1. The quantitative estimate of drug-likeness (QED) is 0.0398. The van der Waals surface area contributed by atoms with Crippen molar-refractivity contribution < 1.29 is 9.53 Å². The molecule has 0 fully saturated rings. The molecule has 44 heavy (non-hydrogen) atoms. The van der Waals surface area contributed by atoms with E-state index < -0.39 is 0 Å². The molecule has 0 rings (SSSR count). The molecule has 2 heteroatoms. The maximum absolute atomic E-state index is 12.0. The maximum atomic E-state index is 12.0. The minimum Gasteiger partial charge on any atom is -0.466 e. The number of ether oxygens (including phenoxy) is 1. The summed E-state index contributed by atoms with van der Waals surface area (Å²) in [5.41, 5.74) is 0. The summed E-state index contributed by atoms with van der Waals surface area (Å²) in [6.07, 6.45) is 55.1. The lowest BCUT2D eigenvalue weighted by molar-refractivity contribution is -0.143. The van der Waals surface area contributed by atoms with Crippen LogP contribution in [0.5, 0.6) is 0 Å². The van der Waals surface area contributed by atoms with Crippen LogP contribution in [0, 0.1) is 0 Å². The molecule has 0 aliphatic rings. The molecular weight excluding hydrogens is 536 g/mol. The minimum absolute atomic E-state index is 0.0147. The minimum atomic E-state index is 0.0147. The Morgan fingerprint density at radius 1 is 0.386 bits per heavy atom. The van der Waals surface area contributed by atoms with Gasteiger partial charge in [-0.15, -0.1) is 0 Å². The van der Waals surface area contributed by atoms with Gasteiger partial charge in [0.05, 0.1) is 6.61 Å². The van der Waals surface area contributed by atoms with E-state index in [9.17, 15) is 4.79 Å². The lowest BCUT2D eigenvalue weighted by atomic mass is 10.0. The number of hydrogen-bond acceptors (Lipinski definition) is 2. The number of hydrogen-bond donors (Lipinski definition) is 0. The zero-order valence-corrected chi connectivity index (χ0v) is 30.1. The monoisotopic (exact) mass is 615 g/mol. The van der Waals surface area contributed by atoms with Crippen molar-refractivity contribution in [3.63, 3.8) is 0 Å². The summed E-state index contributed by atoms with van der Waals surface area (Å²) in [5, 5.41) is 0. The van der Waals surface area contributed by atoms with Crippen molar-refractivity contribution in [3.8, 4) is 0 Å². The molecule has 0 unspecified atom stereocenters. The van der Waals surface area contributed by atoms with Crippen LogP contribution in [0.3, 0.4) is 0 Å². The first-order valence-electron chi connectivity index (χ1n) is 19.9. The molecule has 0 heterocycles. The van der Waals surface area contributed by atoms with Gasteiger partial charge in [-0.3, -0.25) is 4.79 Å².